The number of methoxy groups -OCH3 is 1. The Morgan fingerprint density at radius 3 is 2.43 bits per heavy atom. The summed E-state index contributed by atoms with van der Waals surface area (Å²) in [7, 11) is -2.37. The van der Waals surface area contributed by atoms with Crippen LogP contribution in [0.2, 0.25) is 0 Å². The molecule has 130 valence electrons. The Bertz CT molecular complexity index is 613. The molecule has 0 amide bonds. The summed E-state index contributed by atoms with van der Waals surface area (Å²) in [6, 6.07) is 3.81. The van der Waals surface area contributed by atoms with Gasteiger partial charge in [0.2, 0.25) is 10.0 Å². The highest BCUT2D eigenvalue weighted by Gasteiger charge is 2.18. The van der Waals surface area contributed by atoms with Gasteiger partial charge >= 0.3 is 5.97 Å². The van der Waals surface area contributed by atoms with Gasteiger partial charge in [-0.3, -0.25) is 0 Å². The highest BCUT2D eigenvalue weighted by molar-refractivity contribution is 7.89. The molecule has 0 aliphatic heterocycles. The molecule has 0 unspecified atom stereocenters. The Labute approximate surface area is 137 Å². The summed E-state index contributed by atoms with van der Waals surface area (Å²) in [5, 5.41) is 9.11. The second kappa shape index (κ2) is 9.52. The van der Waals surface area contributed by atoms with Crippen molar-refractivity contribution in [3.8, 4) is 5.75 Å². The van der Waals surface area contributed by atoms with E-state index < -0.39 is 16.0 Å². The highest BCUT2D eigenvalue weighted by Crippen LogP contribution is 2.22. The van der Waals surface area contributed by atoms with E-state index in [1.165, 1.54) is 38.5 Å². The van der Waals surface area contributed by atoms with Gasteiger partial charge in [-0.2, -0.15) is 0 Å². The van der Waals surface area contributed by atoms with Gasteiger partial charge in [0.25, 0.3) is 0 Å². The van der Waals surface area contributed by atoms with Gasteiger partial charge in [0.15, 0.2) is 0 Å². The molecule has 0 heterocycles. The van der Waals surface area contributed by atoms with Crippen molar-refractivity contribution >= 4 is 16.0 Å². The fourth-order valence-corrected chi connectivity index (χ4v) is 3.32. The average molecular weight is 343 g/mol. The Kier molecular flexibility index (Phi) is 8.05. The third-order valence-corrected chi connectivity index (χ3v) is 4.99. The van der Waals surface area contributed by atoms with Crippen molar-refractivity contribution in [1.82, 2.24) is 4.72 Å². The summed E-state index contributed by atoms with van der Waals surface area (Å²) >= 11 is 0. The van der Waals surface area contributed by atoms with Crippen molar-refractivity contribution in [3.05, 3.63) is 23.8 Å². The van der Waals surface area contributed by atoms with Gasteiger partial charge in [-0.25, -0.2) is 17.9 Å². The zero-order valence-electron chi connectivity index (χ0n) is 13.7. The number of aromatic carboxylic acids is 1. The van der Waals surface area contributed by atoms with Gasteiger partial charge in [0, 0.05) is 6.54 Å². The lowest BCUT2D eigenvalue weighted by Crippen LogP contribution is -2.25. The van der Waals surface area contributed by atoms with Gasteiger partial charge < -0.3 is 9.84 Å². The maximum absolute atomic E-state index is 12.2. The number of sulfonamides is 1. The van der Waals surface area contributed by atoms with Crippen LogP contribution in [0, 0.1) is 0 Å². The molecule has 1 aromatic rings. The molecule has 1 aromatic carbocycles. The van der Waals surface area contributed by atoms with Crippen LogP contribution in [0.1, 0.15) is 55.8 Å². The number of hydrogen-bond donors (Lipinski definition) is 2. The molecule has 0 aliphatic carbocycles. The first-order valence-electron chi connectivity index (χ1n) is 7.83. The van der Waals surface area contributed by atoms with Crippen LogP contribution < -0.4 is 9.46 Å². The Morgan fingerprint density at radius 2 is 1.83 bits per heavy atom. The molecule has 0 saturated heterocycles. The van der Waals surface area contributed by atoms with Crippen LogP contribution in [-0.2, 0) is 10.0 Å². The van der Waals surface area contributed by atoms with E-state index in [1.807, 2.05) is 0 Å². The third kappa shape index (κ3) is 6.19. The number of carboxylic acids is 1. The molecule has 0 aliphatic rings. The molecule has 0 bridgehead atoms. The summed E-state index contributed by atoms with van der Waals surface area (Å²) in [5.74, 6) is -1.10. The molecule has 2 N–H and O–H groups in total. The number of rotatable bonds is 11. The molecule has 0 atom stereocenters. The van der Waals surface area contributed by atoms with Crippen LogP contribution in [0.5, 0.6) is 5.75 Å². The monoisotopic (exact) mass is 343 g/mol. The van der Waals surface area contributed by atoms with Crippen LogP contribution >= 0.6 is 0 Å². The number of carboxylic acid groups (broad SMARTS) is 1. The molecule has 0 fully saturated rings. The number of carbonyl (C=O) groups is 1. The fourth-order valence-electron chi connectivity index (χ4n) is 2.22. The first-order valence-corrected chi connectivity index (χ1v) is 9.31. The SMILES string of the molecule is CCCCCCCCNS(=O)(=O)c1ccc(OC)c(C(=O)O)c1. The smallest absolute Gasteiger partial charge is 0.339 e. The summed E-state index contributed by atoms with van der Waals surface area (Å²) in [5.41, 5.74) is -0.171. The normalized spacial score (nSPS) is 11.4. The molecule has 0 aromatic heterocycles. The minimum Gasteiger partial charge on any atom is -0.496 e. The van der Waals surface area contributed by atoms with Gasteiger partial charge in [-0.05, 0) is 24.6 Å². The topological polar surface area (TPSA) is 92.7 Å². The Balaban J connectivity index is 2.63. The van der Waals surface area contributed by atoms with Gasteiger partial charge in [0.1, 0.15) is 11.3 Å². The lowest BCUT2D eigenvalue weighted by atomic mass is 10.1. The van der Waals surface area contributed by atoms with Crippen LogP contribution in [0.15, 0.2) is 23.1 Å². The van der Waals surface area contributed by atoms with Crippen LogP contribution in [0.25, 0.3) is 0 Å². The quantitative estimate of drug-likeness (QED) is 0.602. The molecule has 1 rings (SSSR count). The molecule has 0 spiro atoms. The first kappa shape index (κ1) is 19.4. The zero-order chi connectivity index (χ0) is 17.3. The predicted molar refractivity (Wildman–Crippen MR) is 88.5 cm³/mol. The summed E-state index contributed by atoms with van der Waals surface area (Å²) in [6.45, 7) is 2.50. The summed E-state index contributed by atoms with van der Waals surface area (Å²) < 4.78 is 31.8. The summed E-state index contributed by atoms with van der Waals surface area (Å²) in [4.78, 5) is 11.1. The second-order valence-corrected chi connectivity index (χ2v) is 7.10. The van der Waals surface area contributed by atoms with E-state index in [0.29, 0.717) is 6.54 Å². The summed E-state index contributed by atoms with van der Waals surface area (Å²) in [6.07, 6.45) is 6.40. The Hall–Kier alpha value is -1.60. The van der Waals surface area contributed by atoms with Crippen molar-refractivity contribution in [3.63, 3.8) is 0 Å². The van der Waals surface area contributed by atoms with Crippen LogP contribution in [0.4, 0.5) is 0 Å². The number of nitrogens with one attached hydrogen (secondary N) is 1. The lowest BCUT2D eigenvalue weighted by Gasteiger charge is -2.10. The highest BCUT2D eigenvalue weighted by atomic mass is 32.2. The minimum absolute atomic E-state index is 0.0679. The molecular formula is C16H25NO5S. The van der Waals surface area contributed by atoms with E-state index in [2.05, 4.69) is 11.6 Å². The minimum atomic E-state index is -3.71. The lowest BCUT2D eigenvalue weighted by molar-refractivity contribution is 0.0693. The molecule has 6 nitrogen and oxygen atoms in total. The van der Waals surface area contributed by atoms with Crippen molar-refractivity contribution in [2.24, 2.45) is 0 Å². The van der Waals surface area contributed by atoms with Gasteiger partial charge in [0.05, 0.1) is 12.0 Å². The second-order valence-electron chi connectivity index (χ2n) is 5.33. The van der Waals surface area contributed by atoms with E-state index in [9.17, 15) is 13.2 Å². The molecule has 0 saturated carbocycles. The maximum atomic E-state index is 12.2. The number of ether oxygens (including phenoxy) is 1. The Morgan fingerprint density at radius 1 is 1.17 bits per heavy atom. The van der Waals surface area contributed by atoms with Crippen LogP contribution in [-0.4, -0.2) is 33.1 Å². The number of benzene rings is 1. The maximum Gasteiger partial charge on any atom is 0.339 e. The fraction of sp³-hybridized carbons (Fsp3) is 0.562. The van der Waals surface area contributed by atoms with E-state index in [4.69, 9.17) is 9.84 Å². The third-order valence-electron chi connectivity index (χ3n) is 3.53. The molecule has 0 radical (unpaired) electrons. The van der Waals surface area contributed by atoms with E-state index >= 15 is 0 Å². The van der Waals surface area contributed by atoms with E-state index in [-0.39, 0.29) is 16.2 Å². The van der Waals surface area contributed by atoms with E-state index in [0.717, 1.165) is 25.3 Å². The standard InChI is InChI=1S/C16H25NO5S/c1-3-4-5-6-7-8-11-17-23(20,21)13-9-10-15(22-2)14(12-13)16(18)19/h9-10,12,17H,3-8,11H2,1-2H3,(H,18,19). The van der Waals surface area contributed by atoms with Gasteiger partial charge in [-0.1, -0.05) is 39.0 Å². The molecule has 23 heavy (non-hydrogen) atoms. The van der Waals surface area contributed by atoms with Crippen molar-refractivity contribution in [2.75, 3.05) is 13.7 Å². The van der Waals surface area contributed by atoms with Crippen molar-refractivity contribution in [2.45, 2.75) is 50.3 Å². The molecule has 7 heteroatoms. The van der Waals surface area contributed by atoms with Gasteiger partial charge in [-0.15, -0.1) is 0 Å². The van der Waals surface area contributed by atoms with E-state index in [1.54, 1.807) is 0 Å². The predicted octanol–water partition coefficient (Wildman–Crippen LogP) is 3.03. The average Bonchev–Trinajstić information content (AvgIpc) is 2.53. The first-order chi connectivity index (χ1) is 10.9. The van der Waals surface area contributed by atoms with Crippen LogP contribution in [0.3, 0.4) is 0 Å². The largest absolute Gasteiger partial charge is 0.496 e. The number of hydrogen-bond acceptors (Lipinski definition) is 4. The number of unbranched alkanes of at least 4 members (excludes halogenated alkanes) is 5. The van der Waals surface area contributed by atoms with Crippen molar-refractivity contribution < 1.29 is 23.1 Å². The van der Waals surface area contributed by atoms with Crippen molar-refractivity contribution in [1.29, 1.82) is 0 Å². The zero-order valence-corrected chi connectivity index (χ0v) is 14.5. The molecular weight excluding hydrogens is 318 g/mol.